The number of thiol groups is 1. The number of nitrogens with zero attached hydrogens (tertiary/aromatic N) is 3. The molecule has 0 aromatic carbocycles. The maximum Gasteiger partial charge on any atom is 0.354 e. The summed E-state index contributed by atoms with van der Waals surface area (Å²) in [7, 11) is 3.40. The number of hydrazine groups is 1. The van der Waals surface area contributed by atoms with E-state index in [2.05, 4.69) is 19.4 Å². The first-order chi connectivity index (χ1) is 4.55. The van der Waals surface area contributed by atoms with E-state index in [1.54, 1.807) is 19.1 Å². The van der Waals surface area contributed by atoms with Crippen molar-refractivity contribution < 1.29 is 4.79 Å². The van der Waals surface area contributed by atoms with Crippen LogP contribution >= 0.6 is 12.8 Å². The van der Waals surface area contributed by atoms with E-state index in [1.807, 2.05) is 0 Å². The normalized spacial score (nSPS) is 19.3. The molecule has 0 aliphatic carbocycles. The molecule has 0 bridgehead atoms. The number of amides is 2. The van der Waals surface area contributed by atoms with Gasteiger partial charge in [0.1, 0.15) is 5.82 Å². The Morgan fingerprint density at radius 2 is 1.90 bits per heavy atom. The molecule has 0 N–H and O–H groups in total. The van der Waals surface area contributed by atoms with E-state index in [-0.39, 0.29) is 6.03 Å². The molecule has 1 heterocycles. The molecule has 2 amide bonds. The minimum Gasteiger partial charge on any atom is -0.269 e. The minimum absolute atomic E-state index is 0.184. The van der Waals surface area contributed by atoms with Gasteiger partial charge in [-0.05, 0) is 0 Å². The second-order valence-corrected chi connectivity index (χ2v) is 2.46. The van der Waals surface area contributed by atoms with Gasteiger partial charge in [-0.1, -0.05) is 19.4 Å². The summed E-state index contributed by atoms with van der Waals surface area (Å²) >= 11 is 3.90. The topological polar surface area (TPSA) is 26.8 Å². The molecule has 0 aromatic heterocycles. The molecule has 1 fully saturated rings. The van der Waals surface area contributed by atoms with Gasteiger partial charge in [-0.2, -0.15) is 0 Å². The minimum atomic E-state index is -0.184. The maximum absolute atomic E-state index is 11.0. The Morgan fingerprint density at radius 1 is 1.40 bits per heavy atom. The summed E-state index contributed by atoms with van der Waals surface area (Å²) in [5.74, 6) is 0.566. The molecule has 0 spiro atoms. The predicted octanol–water partition coefficient (Wildman–Crippen LogP) is 0.517. The molecule has 0 aromatic rings. The van der Waals surface area contributed by atoms with Crippen LogP contribution < -0.4 is 0 Å². The van der Waals surface area contributed by atoms with E-state index in [0.29, 0.717) is 5.82 Å². The van der Waals surface area contributed by atoms with Gasteiger partial charge in [0, 0.05) is 14.1 Å². The van der Waals surface area contributed by atoms with Gasteiger partial charge in [-0.25, -0.2) is 14.1 Å². The molecule has 56 valence electrons. The number of urea groups is 1. The summed E-state index contributed by atoms with van der Waals surface area (Å²) < 4.78 is 1.19. The zero-order valence-electron chi connectivity index (χ0n) is 5.90. The maximum atomic E-state index is 11.0. The van der Waals surface area contributed by atoms with Crippen LogP contribution in [0.1, 0.15) is 0 Å². The van der Waals surface area contributed by atoms with Gasteiger partial charge in [-0.3, -0.25) is 5.01 Å². The van der Waals surface area contributed by atoms with Crippen LogP contribution in [0.15, 0.2) is 12.4 Å². The fraction of sp³-hybridized carbons (Fsp3) is 0.400. The summed E-state index contributed by atoms with van der Waals surface area (Å²) in [5.41, 5.74) is 0. The lowest BCUT2D eigenvalue weighted by atomic mass is 10.8. The van der Waals surface area contributed by atoms with Gasteiger partial charge >= 0.3 is 6.03 Å². The van der Waals surface area contributed by atoms with E-state index in [0.717, 1.165) is 0 Å². The standard InChI is InChI=1S/C5H9N3OS/c1-4-6(2)7(3)5(9)8(4)10/h10H,1H2,2-3H3. The van der Waals surface area contributed by atoms with Crippen molar-refractivity contribution >= 4 is 18.8 Å². The van der Waals surface area contributed by atoms with E-state index >= 15 is 0 Å². The van der Waals surface area contributed by atoms with Crippen molar-refractivity contribution in [3.05, 3.63) is 12.4 Å². The first-order valence-corrected chi connectivity index (χ1v) is 3.15. The van der Waals surface area contributed by atoms with Crippen LogP contribution in [-0.2, 0) is 0 Å². The molecule has 0 radical (unpaired) electrons. The highest BCUT2D eigenvalue weighted by Gasteiger charge is 2.31. The van der Waals surface area contributed by atoms with Crippen LogP contribution in [0, 0.1) is 0 Å². The fourth-order valence-electron chi connectivity index (χ4n) is 0.686. The SMILES string of the molecule is C=C1N(S)C(=O)N(C)N1C. The van der Waals surface area contributed by atoms with Crippen LogP contribution in [0.25, 0.3) is 0 Å². The Bertz CT molecular complexity index is 173. The summed E-state index contributed by atoms with van der Waals surface area (Å²) in [5, 5.41) is 3.05. The van der Waals surface area contributed by atoms with Crippen molar-refractivity contribution in [1.82, 2.24) is 14.3 Å². The molecular weight excluding hydrogens is 150 g/mol. The largest absolute Gasteiger partial charge is 0.354 e. The average Bonchev–Trinajstić information content (AvgIpc) is 2.07. The predicted molar refractivity (Wildman–Crippen MR) is 40.9 cm³/mol. The smallest absolute Gasteiger partial charge is 0.269 e. The number of rotatable bonds is 0. The van der Waals surface area contributed by atoms with Gasteiger partial charge < -0.3 is 0 Å². The van der Waals surface area contributed by atoms with Gasteiger partial charge in [-0.15, -0.1) is 0 Å². The highest BCUT2D eigenvalue weighted by Crippen LogP contribution is 2.21. The van der Waals surface area contributed by atoms with Crippen molar-refractivity contribution in [3.63, 3.8) is 0 Å². The van der Waals surface area contributed by atoms with E-state index in [1.165, 1.54) is 9.31 Å². The van der Waals surface area contributed by atoms with Crippen LogP contribution in [0.4, 0.5) is 4.79 Å². The Morgan fingerprint density at radius 3 is 2.00 bits per heavy atom. The molecule has 0 atom stereocenters. The average molecular weight is 159 g/mol. The fourth-order valence-corrected chi connectivity index (χ4v) is 0.945. The Balaban J connectivity index is 2.89. The summed E-state index contributed by atoms with van der Waals surface area (Å²) in [4.78, 5) is 11.0. The van der Waals surface area contributed by atoms with Crippen LogP contribution in [0.2, 0.25) is 0 Å². The molecule has 1 saturated heterocycles. The summed E-state index contributed by atoms with van der Waals surface area (Å²) in [6, 6.07) is -0.184. The lowest BCUT2D eigenvalue weighted by Crippen LogP contribution is -2.30. The van der Waals surface area contributed by atoms with Gasteiger partial charge in [0.15, 0.2) is 0 Å². The van der Waals surface area contributed by atoms with E-state index in [9.17, 15) is 4.79 Å². The van der Waals surface area contributed by atoms with Crippen molar-refractivity contribution in [2.75, 3.05) is 14.1 Å². The zero-order chi connectivity index (χ0) is 7.89. The Hall–Kier alpha value is -0.840. The monoisotopic (exact) mass is 159 g/mol. The van der Waals surface area contributed by atoms with Crippen LogP contribution in [0.5, 0.6) is 0 Å². The molecule has 1 aliphatic rings. The third kappa shape index (κ3) is 0.740. The second-order valence-electron chi connectivity index (χ2n) is 2.06. The van der Waals surface area contributed by atoms with E-state index in [4.69, 9.17) is 0 Å². The second kappa shape index (κ2) is 2.09. The molecule has 1 aliphatic heterocycles. The lowest BCUT2D eigenvalue weighted by molar-refractivity contribution is 0.132. The third-order valence-corrected chi connectivity index (χ3v) is 1.93. The number of hydrogen-bond donors (Lipinski definition) is 1. The number of carbonyl (C=O) groups is 1. The molecule has 0 unspecified atom stereocenters. The zero-order valence-corrected chi connectivity index (χ0v) is 6.80. The molecule has 0 saturated carbocycles. The first-order valence-electron chi connectivity index (χ1n) is 2.75. The molecule has 10 heavy (non-hydrogen) atoms. The molecule has 1 rings (SSSR count). The van der Waals surface area contributed by atoms with Crippen molar-refractivity contribution in [2.45, 2.75) is 0 Å². The van der Waals surface area contributed by atoms with Gasteiger partial charge in [0.25, 0.3) is 0 Å². The molecule has 4 nitrogen and oxygen atoms in total. The number of hydrogen-bond acceptors (Lipinski definition) is 3. The highest BCUT2D eigenvalue weighted by molar-refractivity contribution is 7.78. The van der Waals surface area contributed by atoms with Crippen LogP contribution in [0.3, 0.4) is 0 Å². The third-order valence-electron chi connectivity index (χ3n) is 1.53. The number of carbonyl (C=O) groups excluding carboxylic acids is 1. The summed E-state index contributed by atoms with van der Waals surface area (Å²) in [6.45, 7) is 3.63. The van der Waals surface area contributed by atoms with Crippen molar-refractivity contribution in [1.29, 1.82) is 0 Å². The Kier molecular flexibility index (Phi) is 1.52. The first kappa shape index (κ1) is 7.27. The lowest BCUT2D eigenvalue weighted by Gasteiger charge is -2.17. The molecular formula is C5H9N3OS. The van der Waals surface area contributed by atoms with Crippen molar-refractivity contribution in [2.24, 2.45) is 0 Å². The highest BCUT2D eigenvalue weighted by atomic mass is 32.1. The summed E-state index contributed by atoms with van der Waals surface area (Å²) in [6.07, 6.45) is 0. The Labute approximate surface area is 65.2 Å². The van der Waals surface area contributed by atoms with Crippen molar-refractivity contribution in [3.8, 4) is 0 Å². The molecule has 5 heteroatoms. The quantitative estimate of drug-likeness (QED) is 0.521. The van der Waals surface area contributed by atoms with Gasteiger partial charge in [0.05, 0.1) is 0 Å². The van der Waals surface area contributed by atoms with Crippen LogP contribution in [-0.4, -0.2) is 34.4 Å². The van der Waals surface area contributed by atoms with Gasteiger partial charge in [0.2, 0.25) is 0 Å². The van der Waals surface area contributed by atoms with E-state index < -0.39 is 0 Å².